The van der Waals surface area contributed by atoms with Gasteiger partial charge in [0.25, 0.3) is 6.29 Å². The smallest absolute Gasteiger partial charge is 0.411 e. The number of hydrogen-bond donors (Lipinski definition) is 2. The zero-order chi connectivity index (χ0) is 11.5. The van der Waals surface area contributed by atoms with Gasteiger partial charge in [-0.15, -0.1) is 0 Å². The Bertz CT molecular complexity index is 446. The highest BCUT2D eigenvalue weighted by Crippen LogP contribution is 2.31. The minimum Gasteiger partial charge on any atom is -0.465 e. The Morgan fingerprint density at radius 3 is 2.88 bits per heavy atom. The third-order valence-corrected chi connectivity index (χ3v) is 2.64. The van der Waals surface area contributed by atoms with Crippen LogP contribution in [0.3, 0.4) is 0 Å². The first-order valence-corrected chi connectivity index (χ1v) is 5.23. The van der Waals surface area contributed by atoms with E-state index in [0.29, 0.717) is 0 Å². The number of halogens is 1. The molecule has 2 N–H and O–H groups in total. The Kier molecular flexibility index (Phi) is 3.00. The minimum absolute atomic E-state index is 0.0771. The molecule has 1 amide bonds. The first kappa shape index (κ1) is 10.8. The molecule has 1 atom stereocenters. The fourth-order valence-electron chi connectivity index (χ4n) is 1.26. The van der Waals surface area contributed by atoms with E-state index in [4.69, 9.17) is 14.6 Å². The zero-order valence-corrected chi connectivity index (χ0v) is 9.60. The van der Waals surface area contributed by atoms with E-state index in [1.165, 1.54) is 6.26 Å². The van der Waals surface area contributed by atoms with E-state index in [0.717, 1.165) is 10.0 Å². The van der Waals surface area contributed by atoms with Gasteiger partial charge in [0, 0.05) is 10.0 Å². The fraction of sp³-hybridized carbons (Fsp3) is 0.100. The summed E-state index contributed by atoms with van der Waals surface area (Å²) < 4.78 is 11.3. The molecule has 2 rings (SSSR count). The molecule has 0 saturated carbocycles. The number of hydrogen-bond acceptors (Lipinski definition) is 3. The largest absolute Gasteiger partial charge is 0.465 e. The summed E-state index contributed by atoms with van der Waals surface area (Å²) in [5.41, 5.74) is 0.793. The molecule has 84 valence electrons. The van der Waals surface area contributed by atoms with Crippen molar-refractivity contribution in [1.82, 2.24) is 5.32 Å². The Morgan fingerprint density at radius 1 is 1.44 bits per heavy atom. The summed E-state index contributed by atoms with van der Waals surface area (Å²) in [5.74, 6) is 0.0771. The van der Waals surface area contributed by atoms with Gasteiger partial charge in [-0.05, 0) is 6.07 Å². The van der Waals surface area contributed by atoms with Crippen molar-refractivity contribution in [2.75, 3.05) is 0 Å². The van der Waals surface area contributed by atoms with E-state index in [9.17, 15) is 4.79 Å². The lowest BCUT2D eigenvalue weighted by molar-refractivity contribution is -0.0376. The van der Waals surface area contributed by atoms with Gasteiger partial charge < -0.3 is 14.6 Å². The molecule has 1 aromatic carbocycles. The molecule has 0 radical (unpaired) electrons. The van der Waals surface area contributed by atoms with Crippen LogP contribution >= 0.6 is 15.9 Å². The van der Waals surface area contributed by atoms with Crippen molar-refractivity contribution in [3.8, 4) is 0 Å². The van der Waals surface area contributed by atoms with Crippen LogP contribution in [0, 0.1) is 0 Å². The maximum Gasteiger partial charge on any atom is 0.411 e. The molecule has 0 aromatic heterocycles. The van der Waals surface area contributed by atoms with Crippen LogP contribution in [0.1, 0.15) is 11.9 Å². The van der Waals surface area contributed by atoms with Crippen LogP contribution in [-0.2, 0) is 9.47 Å². The van der Waals surface area contributed by atoms with Crippen LogP contribution in [0.15, 0.2) is 40.9 Å². The highest BCUT2D eigenvalue weighted by atomic mass is 79.9. The van der Waals surface area contributed by atoms with Crippen molar-refractivity contribution in [2.45, 2.75) is 6.29 Å². The van der Waals surface area contributed by atoms with E-state index in [-0.39, 0.29) is 5.88 Å². The average molecular weight is 286 g/mol. The van der Waals surface area contributed by atoms with E-state index < -0.39 is 12.4 Å². The number of amides is 1. The first-order chi connectivity index (χ1) is 7.66. The monoisotopic (exact) mass is 285 g/mol. The molecule has 1 aliphatic rings. The Balaban J connectivity index is 2.06. The lowest BCUT2D eigenvalue weighted by Crippen LogP contribution is -2.20. The van der Waals surface area contributed by atoms with Crippen LogP contribution < -0.4 is 5.32 Å². The first-order valence-electron chi connectivity index (χ1n) is 4.43. The predicted molar refractivity (Wildman–Crippen MR) is 58.3 cm³/mol. The van der Waals surface area contributed by atoms with Crippen LogP contribution in [0.25, 0.3) is 0 Å². The lowest BCUT2D eigenvalue weighted by Gasteiger charge is -2.12. The summed E-state index contributed by atoms with van der Waals surface area (Å²) in [6.45, 7) is 0. The second-order valence-electron chi connectivity index (χ2n) is 3.02. The van der Waals surface area contributed by atoms with Gasteiger partial charge in [0.2, 0.25) is 5.88 Å². The molecule has 5 nitrogen and oxygen atoms in total. The number of carboxylic acid groups (broad SMARTS) is 1. The van der Waals surface area contributed by atoms with Crippen LogP contribution in [0.5, 0.6) is 0 Å². The molecule has 6 heteroatoms. The molecular formula is C10H8BrNO4. The molecular weight excluding hydrogens is 278 g/mol. The maximum atomic E-state index is 10.4. The van der Waals surface area contributed by atoms with Crippen molar-refractivity contribution in [3.05, 3.63) is 46.4 Å². The minimum atomic E-state index is -1.19. The summed E-state index contributed by atoms with van der Waals surface area (Å²) in [6, 6.07) is 7.39. The van der Waals surface area contributed by atoms with Gasteiger partial charge in [-0.3, -0.25) is 5.32 Å². The molecule has 0 spiro atoms. The van der Waals surface area contributed by atoms with Crippen molar-refractivity contribution >= 4 is 22.0 Å². The molecule has 0 bridgehead atoms. The third kappa shape index (κ3) is 2.27. The number of ether oxygens (including phenoxy) is 2. The third-order valence-electron chi connectivity index (χ3n) is 1.92. The summed E-state index contributed by atoms with van der Waals surface area (Å²) in [5, 5.41) is 10.6. The SMILES string of the molecule is O=C(O)NC1=COC(c2ccccc2Br)O1. The van der Waals surface area contributed by atoms with Crippen LogP contribution in [0.4, 0.5) is 4.79 Å². The van der Waals surface area contributed by atoms with Gasteiger partial charge in [0.05, 0.1) is 0 Å². The molecule has 1 aliphatic heterocycles. The Hall–Kier alpha value is -1.69. The average Bonchev–Trinajstić information content (AvgIpc) is 2.66. The van der Waals surface area contributed by atoms with Gasteiger partial charge in [-0.25, -0.2) is 4.79 Å². The van der Waals surface area contributed by atoms with Gasteiger partial charge in [-0.2, -0.15) is 0 Å². The van der Waals surface area contributed by atoms with E-state index in [1.807, 2.05) is 24.3 Å². The van der Waals surface area contributed by atoms with Crippen molar-refractivity contribution < 1.29 is 19.4 Å². The highest BCUT2D eigenvalue weighted by molar-refractivity contribution is 9.10. The molecule has 1 heterocycles. The molecule has 0 fully saturated rings. The van der Waals surface area contributed by atoms with E-state index >= 15 is 0 Å². The van der Waals surface area contributed by atoms with Crippen molar-refractivity contribution in [3.63, 3.8) is 0 Å². The number of rotatable bonds is 2. The highest BCUT2D eigenvalue weighted by Gasteiger charge is 2.24. The summed E-state index contributed by atoms with van der Waals surface area (Å²) in [6.07, 6.45) is -0.585. The Labute approximate surface area is 99.8 Å². The van der Waals surface area contributed by atoms with Crippen molar-refractivity contribution in [2.24, 2.45) is 0 Å². The zero-order valence-electron chi connectivity index (χ0n) is 8.01. The summed E-state index contributed by atoms with van der Waals surface area (Å²) in [4.78, 5) is 10.4. The molecule has 1 unspecified atom stereocenters. The molecule has 0 aliphatic carbocycles. The van der Waals surface area contributed by atoms with Gasteiger partial charge in [-0.1, -0.05) is 34.1 Å². The van der Waals surface area contributed by atoms with E-state index in [2.05, 4.69) is 21.2 Å². The molecule has 1 aromatic rings. The second-order valence-corrected chi connectivity index (χ2v) is 3.87. The number of nitrogens with one attached hydrogen (secondary N) is 1. The van der Waals surface area contributed by atoms with Crippen molar-refractivity contribution in [1.29, 1.82) is 0 Å². The second kappa shape index (κ2) is 4.44. The summed E-state index contributed by atoms with van der Waals surface area (Å²) >= 11 is 3.36. The number of benzene rings is 1. The summed E-state index contributed by atoms with van der Waals surface area (Å²) in [7, 11) is 0. The normalized spacial score (nSPS) is 18.3. The van der Waals surface area contributed by atoms with E-state index in [1.54, 1.807) is 0 Å². The Morgan fingerprint density at radius 2 is 2.19 bits per heavy atom. The van der Waals surface area contributed by atoms with Crippen LogP contribution in [-0.4, -0.2) is 11.2 Å². The molecule has 0 saturated heterocycles. The topological polar surface area (TPSA) is 67.8 Å². The quantitative estimate of drug-likeness (QED) is 0.876. The number of carbonyl (C=O) groups is 1. The fourth-order valence-corrected chi connectivity index (χ4v) is 1.73. The lowest BCUT2D eigenvalue weighted by atomic mass is 10.2. The standard InChI is InChI=1S/C10H8BrNO4/c11-7-4-2-1-3-6(7)9-15-5-8(16-9)12-10(13)14/h1-5,9,12H,(H,13,14). The molecule has 16 heavy (non-hydrogen) atoms. The van der Waals surface area contributed by atoms with Gasteiger partial charge >= 0.3 is 6.09 Å². The van der Waals surface area contributed by atoms with Crippen LogP contribution in [0.2, 0.25) is 0 Å². The van der Waals surface area contributed by atoms with Gasteiger partial charge in [0.1, 0.15) is 6.26 Å². The maximum absolute atomic E-state index is 10.4. The predicted octanol–water partition coefficient (Wildman–Crippen LogP) is 2.56. The van der Waals surface area contributed by atoms with Gasteiger partial charge in [0.15, 0.2) is 0 Å².